The standard InChI is InChI=1S/C15H17F2N3OS.ClH/c1-10(18-2)9-13-19-14(21-20-13)8-5-11-3-6-12(7-4-11)22-15(16)17;/h3-8,10,15,18H,9H2,1-2H3;1H/b8-5+;. The molecule has 0 aliphatic rings. The van der Waals surface area contributed by atoms with Crippen LogP contribution in [0.4, 0.5) is 8.78 Å². The van der Waals surface area contributed by atoms with Gasteiger partial charge in [0.1, 0.15) is 0 Å². The van der Waals surface area contributed by atoms with Gasteiger partial charge in [-0.15, -0.1) is 12.4 Å². The van der Waals surface area contributed by atoms with Crippen molar-refractivity contribution in [3.63, 3.8) is 0 Å². The van der Waals surface area contributed by atoms with Crippen molar-refractivity contribution in [3.8, 4) is 0 Å². The summed E-state index contributed by atoms with van der Waals surface area (Å²) in [5.41, 5.74) is 0.877. The van der Waals surface area contributed by atoms with Gasteiger partial charge in [-0.05, 0) is 37.7 Å². The second-order valence-electron chi connectivity index (χ2n) is 4.72. The second kappa shape index (κ2) is 9.64. The molecule has 1 heterocycles. The van der Waals surface area contributed by atoms with Gasteiger partial charge in [0.2, 0.25) is 0 Å². The fourth-order valence-corrected chi connectivity index (χ4v) is 2.22. The van der Waals surface area contributed by atoms with Crippen LogP contribution < -0.4 is 5.32 Å². The molecule has 8 heteroatoms. The smallest absolute Gasteiger partial charge is 0.288 e. The summed E-state index contributed by atoms with van der Waals surface area (Å²) in [6, 6.07) is 7.12. The highest BCUT2D eigenvalue weighted by Gasteiger charge is 2.07. The van der Waals surface area contributed by atoms with Crippen molar-refractivity contribution >= 4 is 36.3 Å². The number of aromatic nitrogens is 2. The van der Waals surface area contributed by atoms with Gasteiger partial charge in [-0.2, -0.15) is 13.8 Å². The van der Waals surface area contributed by atoms with Gasteiger partial charge in [-0.3, -0.25) is 0 Å². The second-order valence-corrected chi connectivity index (χ2v) is 5.79. The summed E-state index contributed by atoms with van der Waals surface area (Å²) < 4.78 is 29.6. The molecule has 23 heavy (non-hydrogen) atoms. The highest BCUT2D eigenvalue weighted by atomic mass is 35.5. The molecule has 0 saturated carbocycles. The Bertz CT molecular complexity index is 619. The van der Waals surface area contributed by atoms with Crippen LogP contribution >= 0.6 is 24.2 Å². The Kier molecular flexibility index (Phi) is 8.22. The van der Waals surface area contributed by atoms with Crippen molar-refractivity contribution in [1.29, 1.82) is 0 Å². The predicted molar refractivity (Wildman–Crippen MR) is 91.0 cm³/mol. The number of benzene rings is 1. The van der Waals surface area contributed by atoms with Crippen LogP contribution in [0.5, 0.6) is 0 Å². The zero-order valence-corrected chi connectivity index (χ0v) is 14.3. The molecule has 1 unspecified atom stereocenters. The van der Waals surface area contributed by atoms with Gasteiger partial charge in [0, 0.05) is 23.4 Å². The van der Waals surface area contributed by atoms with E-state index in [1.165, 1.54) is 0 Å². The van der Waals surface area contributed by atoms with Crippen LogP contribution in [0.1, 0.15) is 24.2 Å². The molecule has 1 N–H and O–H groups in total. The maximum absolute atomic E-state index is 12.2. The van der Waals surface area contributed by atoms with Crippen LogP contribution in [0, 0.1) is 0 Å². The zero-order valence-electron chi connectivity index (χ0n) is 12.7. The first-order valence-electron chi connectivity index (χ1n) is 6.79. The van der Waals surface area contributed by atoms with E-state index in [0.717, 1.165) is 5.56 Å². The fourth-order valence-electron chi connectivity index (χ4n) is 1.72. The van der Waals surface area contributed by atoms with Crippen LogP contribution in [-0.4, -0.2) is 29.0 Å². The van der Waals surface area contributed by atoms with E-state index in [-0.39, 0.29) is 18.4 Å². The van der Waals surface area contributed by atoms with E-state index in [1.807, 2.05) is 14.0 Å². The van der Waals surface area contributed by atoms with Crippen molar-refractivity contribution < 1.29 is 13.3 Å². The minimum atomic E-state index is -2.40. The Morgan fingerprint density at radius 3 is 2.57 bits per heavy atom. The zero-order chi connectivity index (χ0) is 15.9. The first-order valence-corrected chi connectivity index (χ1v) is 7.67. The van der Waals surface area contributed by atoms with Crippen LogP contribution in [0.15, 0.2) is 33.7 Å². The molecule has 0 aliphatic carbocycles. The summed E-state index contributed by atoms with van der Waals surface area (Å²) >= 11 is 0.528. The molecule has 4 nitrogen and oxygen atoms in total. The maximum Gasteiger partial charge on any atom is 0.288 e. The van der Waals surface area contributed by atoms with E-state index in [9.17, 15) is 8.78 Å². The number of hydrogen-bond acceptors (Lipinski definition) is 5. The molecule has 1 aromatic carbocycles. The summed E-state index contributed by atoms with van der Waals surface area (Å²) in [5, 5.41) is 7.00. The minimum Gasteiger partial charge on any atom is -0.335 e. The van der Waals surface area contributed by atoms with E-state index in [2.05, 4.69) is 15.5 Å². The first kappa shape index (κ1) is 19.6. The summed E-state index contributed by atoms with van der Waals surface area (Å²) in [4.78, 5) is 4.80. The number of halogens is 3. The monoisotopic (exact) mass is 361 g/mol. The van der Waals surface area contributed by atoms with Crippen molar-refractivity contribution in [2.24, 2.45) is 0 Å². The van der Waals surface area contributed by atoms with Gasteiger partial charge in [-0.1, -0.05) is 29.1 Å². The van der Waals surface area contributed by atoms with Gasteiger partial charge < -0.3 is 9.84 Å². The third kappa shape index (κ3) is 6.68. The Hall–Kier alpha value is -1.44. The largest absolute Gasteiger partial charge is 0.335 e. The third-order valence-electron chi connectivity index (χ3n) is 2.99. The van der Waals surface area contributed by atoms with Gasteiger partial charge >= 0.3 is 0 Å². The average molecular weight is 362 g/mol. The van der Waals surface area contributed by atoms with E-state index in [1.54, 1.807) is 36.4 Å². The van der Waals surface area contributed by atoms with E-state index >= 15 is 0 Å². The van der Waals surface area contributed by atoms with Crippen LogP contribution in [0.2, 0.25) is 0 Å². The molecule has 0 fully saturated rings. The highest BCUT2D eigenvalue weighted by molar-refractivity contribution is 7.99. The van der Waals surface area contributed by atoms with Crippen LogP contribution in [0.3, 0.4) is 0 Å². The molecule has 0 spiro atoms. The number of thioether (sulfide) groups is 1. The van der Waals surface area contributed by atoms with Crippen molar-refractivity contribution in [3.05, 3.63) is 41.5 Å². The van der Waals surface area contributed by atoms with Gasteiger partial charge in [-0.25, -0.2) is 0 Å². The lowest BCUT2D eigenvalue weighted by atomic mass is 10.2. The van der Waals surface area contributed by atoms with E-state index < -0.39 is 5.76 Å². The number of rotatable bonds is 7. The minimum absolute atomic E-state index is 0. The number of hydrogen-bond donors (Lipinski definition) is 1. The van der Waals surface area contributed by atoms with Gasteiger partial charge in [0.25, 0.3) is 11.6 Å². The molecular formula is C15H18ClF2N3OS. The summed E-state index contributed by atoms with van der Waals surface area (Å²) in [6.45, 7) is 2.03. The average Bonchev–Trinajstić information content (AvgIpc) is 2.93. The van der Waals surface area contributed by atoms with Crippen molar-refractivity contribution in [1.82, 2.24) is 15.5 Å². The molecule has 0 amide bonds. The quantitative estimate of drug-likeness (QED) is 0.751. The molecule has 0 radical (unpaired) electrons. The van der Waals surface area contributed by atoms with E-state index in [4.69, 9.17) is 4.52 Å². The van der Waals surface area contributed by atoms with Gasteiger partial charge in [0.05, 0.1) is 0 Å². The molecular weight excluding hydrogens is 344 g/mol. The lowest BCUT2D eigenvalue weighted by Gasteiger charge is -2.04. The molecule has 0 bridgehead atoms. The molecule has 0 saturated heterocycles. The fraction of sp³-hybridized carbons (Fsp3) is 0.333. The Balaban J connectivity index is 0.00000264. The lowest BCUT2D eigenvalue weighted by Crippen LogP contribution is -2.24. The predicted octanol–water partition coefficient (Wildman–Crippen LogP) is 4.13. The summed E-state index contributed by atoms with van der Waals surface area (Å²) in [6.07, 6.45) is 4.19. The summed E-state index contributed by atoms with van der Waals surface area (Å²) in [7, 11) is 1.88. The summed E-state index contributed by atoms with van der Waals surface area (Å²) in [5.74, 6) is -1.34. The number of nitrogens with zero attached hydrogens (tertiary/aromatic N) is 2. The van der Waals surface area contributed by atoms with Crippen molar-refractivity contribution in [2.75, 3.05) is 7.05 Å². The molecule has 126 valence electrons. The van der Waals surface area contributed by atoms with Crippen molar-refractivity contribution in [2.45, 2.75) is 30.0 Å². The molecule has 1 atom stereocenters. The Labute approximate surface area is 144 Å². The first-order chi connectivity index (χ1) is 10.6. The topological polar surface area (TPSA) is 51.0 Å². The highest BCUT2D eigenvalue weighted by Crippen LogP contribution is 2.25. The Morgan fingerprint density at radius 2 is 1.96 bits per heavy atom. The Morgan fingerprint density at radius 1 is 1.26 bits per heavy atom. The normalized spacial score (nSPS) is 12.6. The van der Waals surface area contributed by atoms with Crippen LogP contribution in [0.25, 0.3) is 12.2 Å². The molecule has 2 rings (SSSR count). The van der Waals surface area contributed by atoms with Crippen LogP contribution in [-0.2, 0) is 6.42 Å². The van der Waals surface area contributed by atoms with Gasteiger partial charge in [0.15, 0.2) is 5.82 Å². The number of alkyl halides is 2. The molecule has 0 aliphatic heterocycles. The molecule has 1 aromatic heterocycles. The number of likely N-dealkylation sites (N-methyl/N-ethyl adjacent to an activating group) is 1. The lowest BCUT2D eigenvalue weighted by molar-refractivity contribution is 0.252. The SMILES string of the molecule is CNC(C)Cc1noc(/C=C/c2ccc(SC(F)F)cc2)n1.Cl. The number of nitrogens with one attached hydrogen (secondary N) is 1. The molecule has 2 aromatic rings. The third-order valence-corrected chi connectivity index (χ3v) is 3.71. The maximum atomic E-state index is 12.2. The van der Waals surface area contributed by atoms with E-state index in [0.29, 0.717) is 34.8 Å².